The van der Waals surface area contributed by atoms with Crippen LogP contribution in [0.4, 0.5) is 5.82 Å². The molecule has 0 bridgehead atoms. The number of rotatable bonds is 11. The van der Waals surface area contributed by atoms with Crippen LogP contribution in [0.3, 0.4) is 0 Å². The number of benzene rings is 2. The summed E-state index contributed by atoms with van der Waals surface area (Å²) in [6, 6.07) is 17.3. The Labute approximate surface area is 268 Å². The zero-order valence-electron chi connectivity index (χ0n) is 27.0. The van der Waals surface area contributed by atoms with Crippen LogP contribution in [0.15, 0.2) is 78.1 Å². The van der Waals surface area contributed by atoms with Crippen LogP contribution in [0.2, 0.25) is 25.7 Å². The van der Waals surface area contributed by atoms with Crippen molar-refractivity contribution in [3.63, 3.8) is 0 Å². The molecule has 4 aromatic heterocycles. The summed E-state index contributed by atoms with van der Waals surface area (Å²) in [5.74, 6) is 1.40. The summed E-state index contributed by atoms with van der Waals surface area (Å²) in [5.41, 5.74) is 3.83. The van der Waals surface area contributed by atoms with Crippen LogP contribution in [0.1, 0.15) is 24.4 Å². The summed E-state index contributed by atoms with van der Waals surface area (Å²) in [6.07, 6.45) is 5.22. The summed E-state index contributed by atoms with van der Waals surface area (Å²) < 4.78 is 16.7. The number of para-hydroxylation sites is 2. The number of fused-ring (bicyclic) bond motifs is 2. The van der Waals surface area contributed by atoms with Gasteiger partial charge in [0.2, 0.25) is 0 Å². The minimum atomic E-state index is -1.27. The molecule has 0 fully saturated rings. The average Bonchev–Trinajstić information content (AvgIpc) is 3.60. The van der Waals surface area contributed by atoms with Crippen LogP contribution >= 0.6 is 0 Å². The van der Waals surface area contributed by atoms with Gasteiger partial charge in [-0.1, -0.05) is 50.0 Å². The first kappa shape index (κ1) is 31.1. The van der Waals surface area contributed by atoms with Gasteiger partial charge in [0.25, 0.3) is 5.56 Å². The fourth-order valence-electron chi connectivity index (χ4n) is 5.59. The van der Waals surface area contributed by atoms with Crippen LogP contribution in [0.25, 0.3) is 33.4 Å². The van der Waals surface area contributed by atoms with Crippen LogP contribution in [0.5, 0.6) is 11.5 Å². The van der Waals surface area contributed by atoms with Gasteiger partial charge in [-0.25, -0.2) is 14.5 Å². The molecule has 0 saturated carbocycles. The maximum Gasteiger partial charge on any atom is 0.282 e. The lowest BCUT2D eigenvalue weighted by Gasteiger charge is -2.20. The molecule has 12 heteroatoms. The van der Waals surface area contributed by atoms with Gasteiger partial charge in [0.1, 0.15) is 30.0 Å². The van der Waals surface area contributed by atoms with E-state index in [4.69, 9.17) is 14.6 Å². The highest BCUT2D eigenvalue weighted by atomic mass is 28.3. The smallest absolute Gasteiger partial charge is 0.282 e. The molecule has 11 nitrogen and oxygen atoms in total. The molecule has 46 heavy (non-hydrogen) atoms. The number of methoxy groups -OCH3 is 1. The van der Waals surface area contributed by atoms with Gasteiger partial charge in [0, 0.05) is 38.2 Å². The van der Waals surface area contributed by atoms with E-state index in [0.29, 0.717) is 57.4 Å². The summed E-state index contributed by atoms with van der Waals surface area (Å²) in [7, 11) is 0.250. The van der Waals surface area contributed by atoms with Crippen molar-refractivity contribution in [3.05, 3.63) is 95.1 Å². The lowest BCUT2D eigenvalue weighted by Crippen LogP contribution is -2.29. The number of aryl methyl sites for hydroxylation is 1. The third kappa shape index (κ3) is 5.88. The van der Waals surface area contributed by atoms with Gasteiger partial charge in [-0.3, -0.25) is 9.36 Å². The second kappa shape index (κ2) is 12.5. The van der Waals surface area contributed by atoms with Crippen molar-refractivity contribution in [2.24, 2.45) is 0 Å². The molecule has 4 heterocycles. The van der Waals surface area contributed by atoms with E-state index in [1.54, 1.807) is 21.3 Å². The van der Waals surface area contributed by atoms with E-state index in [9.17, 15) is 9.90 Å². The topological polar surface area (TPSA) is 121 Å². The molecule has 0 aliphatic rings. The van der Waals surface area contributed by atoms with Crippen LogP contribution in [-0.2, 0) is 11.5 Å². The molecule has 0 saturated heterocycles. The number of aromatic hydroxyl groups is 1. The summed E-state index contributed by atoms with van der Waals surface area (Å²) in [5, 5.41) is 20.3. The van der Waals surface area contributed by atoms with Crippen molar-refractivity contribution >= 4 is 30.4 Å². The van der Waals surface area contributed by atoms with Crippen molar-refractivity contribution in [2.75, 3.05) is 19.0 Å². The molecule has 0 radical (unpaired) electrons. The second-order valence-corrected chi connectivity index (χ2v) is 18.3. The second-order valence-electron chi connectivity index (χ2n) is 12.6. The summed E-state index contributed by atoms with van der Waals surface area (Å²) >= 11 is 0. The summed E-state index contributed by atoms with van der Waals surface area (Å²) in [4.78, 5) is 23.2. The number of phenols is 1. The van der Waals surface area contributed by atoms with Gasteiger partial charge in [-0.15, -0.1) is 0 Å². The Morgan fingerprint density at radius 2 is 1.80 bits per heavy atom. The quantitative estimate of drug-likeness (QED) is 0.124. The minimum absolute atomic E-state index is 0.0135. The zero-order chi connectivity index (χ0) is 32.6. The SMILES string of the molecule is COc1cccc(-c2cn(COCC[Si](C)(C)C)c3ncnc(NC(C)c4nn5ccc(C)c5c(=O)n4-c4ccccc4)c23)c1O. The van der Waals surface area contributed by atoms with E-state index in [0.717, 1.165) is 11.6 Å². The molecule has 6 rings (SSSR count). The highest BCUT2D eigenvalue weighted by molar-refractivity contribution is 6.76. The average molecular weight is 638 g/mol. The van der Waals surface area contributed by atoms with Crippen molar-refractivity contribution in [2.45, 2.75) is 52.3 Å². The predicted octanol–water partition coefficient (Wildman–Crippen LogP) is 6.40. The Balaban J connectivity index is 1.47. The Morgan fingerprint density at radius 1 is 1.02 bits per heavy atom. The van der Waals surface area contributed by atoms with Gasteiger partial charge in [0.05, 0.1) is 24.2 Å². The number of nitrogens with one attached hydrogen (secondary N) is 1. The Morgan fingerprint density at radius 3 is 2.54 bits per heavy atom. The van der Waals surface area contributed by atoms with Crippen molar-refractivity contribution in [3.8, 4) is 28.3 Å². The lowest BCUT2D eigenvalue weighted by atomic mass is 10.0. The predicted molar refractivity (Wildman–Crippen MR) is 183 cm³/mol. The van der Waals surface area contributed by atoms with Crippen molar-refractivity contribution in [1.82, 2.24) is 28.7 Å². The van der Waals surface area contributed by atoms with E-state index >= 15 is 0 Å². The van der Waals surface area contributed by atoms with Gasteiger partial charge < -0.3 is 24.5 Å². The van der Waals surface area contributed by atoms with Crippen molar-refractivity contribution in [1.29, 1.82) is 0 Å². The molecule has 0 amide bonds. The van der Waals surface area contributed by atoms with E-state index < -0.39 is 14.1 Å². The van der Waals surface area contributed by atoms with Crippen molar-refractivity contribution < 1.29 is 14.6 Å². The molecular formula is C34H39N7O4Si. The van der Waals surface area contributed by atoms with Crippen LogP contribution in [-0.4, -0.2) is 55.6 Å². The lowest BCUT2D eigenvalue weighted by molar-refractivity contribution is 0.0899. The zero-order valence-corrected chi connectivity index (χ0v) is 28.0. The molecule has 238 valence electrons. The Hall–Kier alpha value is -4.94. The van der Waals surface area contributed by atoms with Gasteiger partial charge in [-0.05, 0) is 49.7 Å². The number of aromatic nitrogens is 6. The van der Waals surface area contributed by atoms with E-state index in [2.05, 4.69) is 34.9 Å². The van der Waals surface area contributed by atoms with E-state index in [1.807, 2.05) is 73.1 Å². The van der Waals surface area contributed by atoms with Gasteiger partial charge in [0.15, 0.2) is 17.3 Å². The molecule has 0 spiro atoms. The van der Waals surface area contributed by atoms with Gasteiger partial charge >= 0.3 is 0 Å². The Kier molecular flexibility index (Phi) is 8.41. The first-order chi connectivity index (χ1) is 22.1. The first-order valence-corrected chi connectivity index (χ1v) is 19.0. The number of hydrogen-bond acceptors (Lipinski definition) is 8. The molecule has 2 N–H and O–H groups in total. The fraction of sp³-hybridized carbons (Fsp3) is 0.294. The number of nitrogens with zero attached hydrogens (tertiary/aromatic N) is 6. The maximum atomic E-state index is 13.9. The van der Waals surface area contributed by atoms with E-state index in [1.165, 1.54) is 13.4 Å². The Bertz CT molecular complexity index is 2080. The van der Waals surface area contributed by atoms with Crippen LogP contribution < -0.4 is 15.6 Å². The molecule has 1 unspecified atom stereocenters. The van der Waals surface area contributed by atoms with E-state index in [-0.39, 0.29) is 18.0 Å². The fourth-order valence-corrected chi connectivity index (χ4v) is 6.35. The van der Waals surface area contributed by atoms with Gasteiger partial charge in [-0.2, -0.15) is 5.10 Å². The monoisotopic (exact) mass is 637 g/mol. The standard InChI is InChI=1S/C34H39N7O4Si/c1-22-15-16-40-29(22)34(43)41(24-11-8-7-9-12-24)32(38-40)23(2)37-31-28-26(25-13-10-14-27(44-3)30(25)42)19-39(33(28)36-20-35-31)21-45-17-18-46(4,5)6/h7-16,19-20,23,42H,17-18,21H2,1-6H3,(H,35,36,37). The normalized spacial score (nSPS) is 12.6. The number of phenolic OH excluding ortho intramolecular Hbond substituents is 1. The largest absolute Gasteiger partial charge is 0.504 e. The first-order valence-electron chi connectivity index (χ1n) is 15.3. The number of hydrogen-bond donors (Lipinski definition) is 2. The number of anilines is 1. The third-order valence-corrected chi connectivity index (χ3v) is 9.76. The molecule has 0 aliphatic carbocycles. The van der Waals surface area contributed by atoms with Crippen LogP contribution in [0, 0.1) is 6.92 Å². The summed E-state index contributed by atoms with van der Waals surface area (Å²) in [6.45, 7) is 11.7. The molecule has 6 aromatic rings. The molecule has 1 atom stereocenters. The maximum absolute atomic E-state index is 13.9. The molecule has 2 aromatic carbocycles. The molecule has 0 aliphatic heterocycles. The minimum Gasteiger partial charge on any atom is -0.504 e. The third-order valence-electron chi connectivity index (χ3n) is 8.06. The highest BCUT2D eigenvalue weighted by Crippen LogP contribution is 2.42. The number of ether oxygens (including phenoxy) is 2. The molecular weight excluding hydrogens is 599 g/mol. The highest BCUT2D eigenvalue weighted by Gasteiger charge is 2.24.